The third-order valence-electron chi connectivity index (χ3n) is 3.08. The van der Waals surface area contributed by atoms with Crippen molar-refractivity contribution in [3.8, 4) is 0 Å². The van der Waals surface area contributed by atoms with Crippen molar-refractivity contribution in [3.63, 3.8) is 0 Å². The highest BCUT2D eigenvalue weighted by atomic mass is 35.5. The summed E-state index contributed by atoms with van der Waals surface area (Å²) in [6, 6.07) is 6.42. The lowest BCUT2D eigenvalue weighted by atomic mass is 10.1. The highest BCUT2D eigenvalue weighted by Gasteiger charge is 2.43. The molecule has 0 aliphatic carbocycles. The van der Waals surface area contributed by atoms with E-state index >= 15 is 0 Å². The lowest BCUT2D eigenvalue weighted by Crippen LogP contribution is -2.43. The zero-order valence-electron chi connectivity index (χ0n) is 12.4. The van der Waals surface area contributed by atoms with Crippen molar-refractivity contribution in [2.24, 2.45) is 0 Å². The predicted molar refractivity (Wildman–Crippen MR) is 84.2 cm³/mol. The first-order valence-corrected chi connectivity index (χ1v) is 7.42. The van der Waals surface area contributed by atoms with Gasteiger partial charge >= 0.3 is 18.5 Å². The minimum atomic E-state index is -5.25. The summed E-state index contributed by atoms with van der Waals surface area (Å²) < 4.78 is 76.0. The Labute approximate surface area is 153 Å². The van der Waals surface area contributed by atoms with Crippen molar-refractivity contribution in [3.05, 3.63) is 59.1 Å². The molecule has 11 heteroatoms. The summed E-state index contributed by atoms with van der Waals surface area (Å²) in [5.41, 5.74) is -1.82. The van der Waals surface area contributed by atoms with Crippen LogP contribution >= 0.6 is 23.4 Å². The topological polar surface area (TPSA) is 23.6 Å². The van der Waals surface area contributed by atoms with Gasteiger partial charge in [0.25, 0.3) is 0 Å². The Morgan fingerprint density at radius 1 is 0.885 bits per heavy atom. The van der Waals surface area contributed by atoms with E-state index in [1.54, 1.807) is 0 Å². The number of nitrogens with zero attached hydrogens (tertiary/aromatic N) is 2. The summed E-state index contributed by atoms with van der Waals surface area (Å²) in [7, 11) is 0. The molecule has 0 N–H and O–H groups in total. The van der Waals surface area contributed by atoms with Crippen LogP contribution in [0.1, 0.15) is 5.56 Å². The van der Waals surface area contributed by atoms with Crippen LogP contribution in [-0.4, -0.2) is 16.8 Å². The van der Waals surface area contributed by atoms with E-state index in [0.29, 0.717) is 17.0 Å². The largest absolute Gasteiger partial charge is 0.503 e. The van der Waals surface area contributed by atoms with Crippen molar-refractivity contribution in [1.82, 2.24) is 4.42 Å². The molecule has 2 rings (SSSR count). The normalized spacial score (nSPS) is 12.0. The van der Waals surface area contributed by atoms with E-state index in [4.69, 9.17) is 23.4 Å². The number of urea groups is 1. The molecule has 0 spiro atoms. The van der Waals surface area contributed by atoms with Gasteiger partial charge in [0.2, 0.25) is 0 Å². The van der Waals surface area contributed by atoms with Crippen LogP contribution in [0.3, 0.4) is 0 Å². The summed E-state index contributed by atoms with van der Waals surface area (Å²) in [5.74, 6) is 0. The van der Waals surface area contributed by atoms with Gasteiger partial charge in [0.05, 0.1) is 16.9 Å². The van der Waals surface area contributed by atoms with Crippen molar-refractivity contribution in [1.29, 1.82) is 0 Å². The molecule has 2 amide bonds. The van der Waals surface area contributed by atoms with Crippen molar-refractivity contribution >= 4 is 40.8 Å². The second-order valence-electron chi connectivity index (χ2n) is 4.89. The van der Waals surface area contributed by atoms with Crippen molar-refractivity contribution in [2.75, 3.05) is 4.90 Å². The first-order chi connectivity index (χ1) is 11.9. The fourth-order valence-corrected chi connectivity index (χ4v) is 2.26. The Kier molecular flexibility index (Phi) is 5.62. The molecule has 26 heavy (non-hydrogen) atoms. The maximum atomic E-state index is 12.9. The average Bonchev–Trinajstić information content (AvgIpc) is 2.53. The average molecular weight is 417 g/mol. The summed E-state index contributed by atoms with van der Waals surface area (Å²) in [6.45, 7) is 0. The van der Waals surface area contributed by atoms with Gasteiger partial charge in [0.15, 0.2) is 0 Å². The maximum absolute atomic E-state index is 12.9. The van der Waals surface area contributed by atoms with Gasteiger partial charge in [-0.05, 0) is 36.4 Å². The van der Waals surface area contributed by atoms with Crippen LogP contribution in [0.5, 0.6) is 0 Å². The number of hydrogen-bond donors (Lipinski definition) is 0. The number of alkyl halides is 6. The Balaban J connectivity index is 2.60. The van der Waals surface area contributed by atoms with Crippen LogP contribution in [0.25, 0.3) is 0 Å². The minimum Gasteiger partial charge on any atom is -0.262 e. The van der Waals surface area contributed by atoms with Crippen LogP contribution in [0.2, 0.25) is 5.02 Å². The Morgan fingerprint density at radius 2 is 1.42 bits per heavy atom. The molecule has 0 heterocycles. The maximum Gasteiger partial charge on any atom is 0.503 e. The van der Waals surface area contributed by atoms with E-state index in [2.05, 4.69) is 0 Å². The molecule has 0 bridgehead atoms. The molecule has 2 aromatic rings. The quantitative estimate of drug-likeness (QED) is 0.307. The van der Waals surface area contributed by atoms with Gasteiger partial charge in [-0.15, -0.1) is 17.6 Å². The lowest BCUT2D eigenvalue weighted by molar-refractivity contribution is -0.192. The Morgan fingerprint density at radius 3 is 1.92 bits per heavy atom. The van der Waals surface area contributed by atoms with Gasteiger partial charge < -0.3 is 0 Å². The lowest BCUT2D eigenvalue weighted by Gasteiger charge is -2.28. The number of rotatable bonds is 2. The predicted octanol–water partition coefficient (Wildman–Crippen LogP) is 6.59. The van der Waals surface area contributed by atoms with Crippen molar-refractivity contribution in [2.45, 2.75) is 12.5 Å². The minimum absolute atomic E-state index is 0.0559. The number of hydrogen-bond acceptors (Lipinski definition) is 1. The number of carbonyl (C=O) groups excluding carboxylic acids is 1. The summed E-state index contributed by atoms with van der Waals surface area (Å²) in [5, 5.41) is 0.0559. The smallest absolute Gasteiger partial charge is 0.262 e. The molecule has 0 aliphatic rings. The fourth-order valence-electron chi connectivity index (χ4n) is 2.00. The molecule has 140 valence electrons. The number of amides is 2. The van der Waals surface area contributed by atoms with Gasteiger partial charge in [0.1, 0.15) is 0 Å². The van der Waals surface area contributed by atoms with E-state index in [1.807, 2.05) is 0 Å². The molecule has 0 atom stereocenters. The van der Waals surface area contributed by atoms with Gasteiger partial charge in [-0.1, -0.05) is 23.7 Å². The van der Waals surface area contributed by atoms with Crippen molar-refractivity contribution < 1.29 is 31.1 Å². The molecule has 0 aliphatic heterocycles. The fraction of sp³-hybridized carbons (Fsp3) is 0.133. The molecule has 0 saturated heterocycles. The number of carbonyl (C=O) groups is 1. The van der Waals surface area contributed by atoms with E-state index in [9.17, 15) is 31.1 Å². The SMILES string of the molecule is O=C(N(c1cccc(Cl)c1)c1cccc(C(F)(F)F)c1)N(Cl)C(F)(F)F. The van der Waals surface area contributed by atoms with E-state index < -0.39 is 34.2 Å². The first kappa shape index (κ1) is 20.2. The highest BCUT2D eigenvalue weighted by molar-refractivity contribution is 6.31. The van der Waals surface area contributed by atoms with Crippen LogP contribution in [-0.2, 0) is 6.18 Å². The molecule has 0 unspecified atom stereocenters. The standard InChI is InChI=1S/C15H8Cl2F6N2O/c16-10-4-2-6-12(8-10)24(13(26)25(17)15(21,22)23)11-5-1-3-9(7-11)14(18,19)20/h1-8H. The molecular formula is C15H8Cl2F6N2O. The van der Waals surface area contributed by atoms with Crippen LogP contribution in [0.15, 0.2) is 48.5 Å². The third kappa shape index (κ3) is 4.53. The van der Waals surface area contributed by atoms with E-state index in [0.717, 1.165) is 18.2 Å². The molecule has 2 aromatic carbocycles. The van der Waals surface area contributed by atoms with E-state index in [1.165, 1.54) is 18.2 Å². The Hall–Kier alpha value is -2.13. The van der Waals surface area contributed by atoms with E-state index in [-0.39, 0.29) is 10.7 Å². The number of halogens is 8. The second-order valence-corrected chi connectivity index (χ2v) is 5.67. The number of benzene rings is 2. The second kappa shape index (κ2) is 7.24. The van der Waals surface area contributed by atoms with Gasteiger partial charge in [-0.2, -0.15) is 13.2 Å². The van der Waals surface area contributed by atoms with Gasteiger partial charge in [-0.3, -0.25) is 4.90 Å². The van der Waals surface area contributed by atoms with Gasteiger partial charge in [-0.25, -0.2) is 4.79 Å². The van der Waals surface area contributed by atoms with Crippen LogP contribution < -0.4 is 4.90 Å². The zero-order chi connectivity index (χ0) is 19.7. The Bertz CT molecular complexity index is 809. The van der Waals surface area contributed by atoms with Crippen LogP contribution in [0, 0.1) is 0 Å². The highest BCUT2D eigenvalue weighted by Crippen LogP contribution is 2.36. The number of anilines is 2. The molecule has 0 fully saturated rings. The molecule has 0 radical (unpaired) electrons. The molecule has 0 saturated carbocycles. The molecule has 3 nitrogen and oxygen atoms in total. The summed E-state index contributed by atoms with van der Waals surface area (Å²) in [6.07, 6.45) is -10.0. The first-order valence-electron chi connectivity index (χ1n) is 6.71. The van der Waals surface area contributed by atoms with Gasteiger partial charge in [0, 0.05) is 16.8 Å². The third-order valence-corrected chi connectivity index (χ3v) is 3.65. The molecule has 0 aromatic heterocycles. The van der Waals surface area contributed by atoms with Crippen LogP contribution in [0.4, 0.5) is 42.5 Å². The summed E-state index contributed by atoms with van der Waals surface area (Å²) in [4.78, 5) is 12.6. The molecular weight excluding hydrogens is 409 g/mol. The monoisotopic (exact) mass is 416 g/mol. The zero-order valence-corrected chi connectivity index (χ0v) is 14.0. The summed E-state index contributed by atoms with van der Waals surface area (Å²) >= 11 is 10.8.